The number of aliphatic hydroxyl groups excluding tert-OH is 1. The van der Waals surface area contributed by atoms with Gasteiger partial charge in [-0.15, -0.1) is 0 Å². The monoisotopic (exact) mass is 284 g/mol. The highest BCUT2D eigenvalue weighted by molar-refractivity contribution is 5.92. The van der Waals surface area contributed by atoms with E-state index in [1.165, 1.54) is 12.1 Å². The number of amides is 2. The number of benzene rings is 1. The average Bonchev–Trinajstić information content (AvgIpc) is 2.81. The molecule has 2 rings (SSSR count). The van der Waals surface area contributed by atoms with Gasteiger partial charge in [0.25, 0.3) is 6.43 Å². The SMILES string of the molecule is CC(CO)NC(=O)Nc1ccc2nc(C(F)F)[nH]c2c1. The Morgan fingerprint density at radius 2 is 2.25 bits per heavy atom. The summed E-state index contributed by atoms with van der Waals surface area (Å²) in [6, 6.07) is 3.73. The van der Waals surface area contributed by atoms with E-state index in [1.807, 2.05) is 0 Å². The Bertz CT molecular complexity index is 615. The van der Waals surface area contributed by atoms with Crippen LogP contribution in [0.25, 0.3) is 11.0 Å². The van der Waals surface area contributed by atoms with Crippen LogP contribution in [0.5, 0.6) is 0 Å². The summed E-state index contributed by atoms with van der Waals surface area (Å²) in [6.45, 7) is 1.47. The molecule has 0 saturated carbocycles. The molecular weight excluding hydrogens is 270 g/mol. The number of aromatic nitrogens is 2. The Kier molecular flexibility index (Phi) is 4.14. The first-order valence-corrected chi connectivity index (χ1v) is 5.95. The molecule has 6 nitrogen and oxygen atoms in total. The Morgan fingerprint density at radius 1 is 1.50 bits per heavy atom. The van der Waals surface area contributed by atoms with Gasteiger partial charge in [0.05, 0.1) is 23.7 Å². The van der Waals surface area contributed by atoms with Crippen LogP contribution in [0, 0.1) is 0 Å². The molecule has 1 atom stereocenters. The third-order valence-electron chi connectivity index (χ3n) is 2.62. The van der Waals surface area contributed by atoms with Crippen LogP contribution in [0.2, 0.25) is 0 Å². The van der Waals surface area contributed by atoms with Crippen molar-refractivity contribution in [1.82, 2.24) is 15.3 Å². The van der Waals surface area contributed by atoms with E-state index < -0.39 is 18.3 Å². The number of imidazole rings is 1. The number of halogens is 2. The Hall–Kier alpha value is -2.22. The molecule has 0 aliphatic carbocycles. The lowest BCUT2D eigenvalue weighted by Crippen LogP contribution is -2.38. The number of urea groups is 1. The molecule has 4 N–H and O–H groups in total. The molecule has 108 valence electrons. The van der Waals surface area contributed by atoms with E-state index in [-0.39, 0.29) is 12.6 Å². The van der Waals surface area contributed by atoms with E-state index in [0.717, 1.165) is 0 Å². The second kappa shape index (κ2) is 5.83. The van der Waals surface area contributed by atoms with Crippen molar-refractivity contribution in [3.05, 3.63) is 24.0 Å². The van der Waals surface area contributed by atoms with E-state index in [9.17, 15) is 13.6 Å². The molecule has 0 saturated heterocycles. The zero-order valence-electron chi connectivity index (χ0n) is 10.7. The fourth-order valence-corrected chi connectivity index (χ4v) is 1.65. The van der Waals surface area contributed by atoms with E-state index in [4.69, 9.17) is 5.11 Å². The van der Waals surface area contributed by atoms with Gasteiger partial charge >= 0.3 is 6.03 Å². The molecule has 2 amide bonds. The summed E-state index contributed by atoms with van der Waals surface area (Å²) in [7, 11) is 0. The minimum Gasteiger partial charge on any atom is -0.394 e. The molecule has 8 heteroatoms. The van der Waals surface area contributed by atoms with Crippen molar-refractivity contribution in [3.8, 4) is 0 Å². The molecule has 1 heterocycles. The first kappa shape index (κ1) is 14.2. The van der Waals surface area contributed by atoms with Crippen LogP contribution in [0.4, 0.5) is 19.3 Å². The average molecular weight is 284 g/mol. The molecule has 20 heavy (non-hydrogen) atoms. The van der Waals surface area contributed by atoms with Gasteiger partial charge in [-0.1, -0.05) is 0 Å². The maximum Gasteiger partial charge on any atom is 0.319 e. The predicted molar refractivity (Wildman–Crippen MR) is 69.8 cm³/mol. The molecule has 0 bridgehead atoms. The predicted octanol–water partition coefficient (Wildman–Crippen LogP) is 2.00. The molecule has 0 fully saturated rings. The zero-order chi connectivity index (χ0) is 14.7. The van der Waals surface area contributed by atoms with Crippen LogP contribution in [-0.2, 0) is 0 Å². The summed E-state index contributed by atoms with van der Waals surface area (Å²) in [5, 5.41) is 13.9. The van der Waals surface area contributed by atoms with E-state index in [0.29, 0.717) is 16.7 Å². The number of carbonyl (C=O) groups excluding carboxylic acids is 1. The molecule has 1 unspecified atom stereocenters. The smallest absolute Gasteiger partial charge is 0.319 e. The molecule has 0 radical (unpaired) electrons. The number of fused-ring (bicyclic) bond motifs is 1. The number of alkyl halides is 2. The molecule has 0 aliphatic rings. The van der Waals surface area contributed by atoms with E-state index >= 15 is 0 Å². The van der Waals surface area contributed by atoms with Crippen LogP contribution in [0.3, 0.4) is 0 Å². The van der Waals surface area contributed by atoms with Crippen molar-refractivity contribution in [2.24, 2.45) is 0 Å². The number of hydrogen-bond donors (Lipinski definition) is 4. The number of hydrogen-bond acceptors (Lipinski definition) is 3. The van der Waals surface area contributed by atoms with Gasteiger partial charge in [-0.05, 0) is 25.1 Å². The second-order valence-corrected chi connectivity index (χ2v) is 4.34. The van der Waals surface area contributed by atoms with Gasteiger partial charge in [0.1, 0.15) is 0 Å². The maximum absolute atomic E-state index is 12.5. The number of nitrogens with zero attached hydrogens (tertiary/aromatic N) is 1. The molecule has 1 aromatic heterocycles. The number of anilines is 1. The van der Waals surface area contributed by atoms with Gasteiger partial charge in [-0.2, -0.15) is 0 Å². The zero-order valence-corrected chi connectivity index (χ0v) is 10.7. The lowest BCUT2D eigenvalue weighted by atomic mass is 10.3. The number of carbonyl (C=O) groups is 1. The van der Waals surface area contributed by atoms with Gasteiger partial charge < -0.3 is 20.7 Å². The fraction of sp³-hybridized carbons (Fsp3) is 0.333. The number of aromatic amines is 1. The molecular formula is C12H14F2N4O2. The van der Waals surface area contributed by atoms with Crippen molar-refractivity contribution in [3.63, 3.8) is 0 Å². The highest BCUT2D eigenvalue weighted by atomic mass is 19.3. The number of aliphatic hydroxyl groups is 1. The highest BCUT2D eigenvalue weighted by Crippen LogP contribution is 2.22. The van der Waals surface area contributed by atoms with Crippen molar-refractivity contribution in [2.45, 2.75) is 19.4 Å². The number of rotatable bonds is 4. The summed E-state index contributed by atoms with van der Waals surface area (Å²) in [5.41, 5.74) is 1.24. The Labute approximate surface area is 113 Å². The first-order chi connectivity index (χ1) is 9.49. The molecule has 0 spiro atoms. The highest BCUT2D eigenvalue weighted by Gasteiger charge is 2.13. The van der Waals surface area contributed by atoms with Gasteiger partial charge in [0.15, 0.2) is 5.82 Å². The minimum absolute atomic E-state index is 0.176. The van der Waals surface area contributed by atoms with Crippen LogP contribution < -0.4 is 10.6 Å². The standard InChI is InChI=1S/C12H14F2N4O2/c1-6(5-19)15-12(20)16-7-2-3-8-9(4-7)18-11(17-8)10(13)14/h2-4,6,10,19H,5H2,1H3,(H,17,18)(H2,15,16,20). The van der Waals surface area contributed by atoms with Crippen LogP contribution in [0.1, 0.15) is 19.2 Å². The minimum atomic E-state index is -2.67. The lowest BCUT2D eigenvalue weighted by Gasteiger charge is -2.11. The Morgan fingerprint density at radius 3 is 2.90 bits per heavy atom. The normalized spacial score (nSPS) is 12.7. The first-order valence-electron chi connectivity index (χ1n) is 5.95. The van der Waals surface area contributed by atoms with E-state index in [1.54, 1.807) is 13.0 Å². The second-order valence-electron chi connectivity index (χ2n) is 4.34. The van der Waals surface area contributed by atoms with Gasteiger partial charge in [-0.3, -0.25) is 0 Å². The van der Waals surface area contributed by atoms with Crippen LogP contribution in [0.15, 0.2) is 18.2 Å². The van der Waals surface area contributed by atoms with Crippen molar-refractivity contribution >= 4 is 22.8 Å². The molecule has 0 aliphatic heterocycles. The lowest BCUT2D eigenvalue weighted by molar-refractivity contribution is 0.142. The fourth-order valence-electron chi connectivity index (χ4n) is 1.65. The van der Waals surface area contributed by atoms with Gasteiger partial charge in [0.2, 0.25) is 0 Å². The maximum atomic E-state index is 12.5. The third-order valence-corrected chi connectivity index (χ3v) is 2.62. The summed E-state index contributed by atoms with van der Waals surface area (Å²) in [4.78, 5) is 17.8. The van der Waals surface area contributed by atoms with E-state index in [2.05, 4.69) is 20.6 Å². The Balaban J connectivity index is 2.13. The summed E-state index contributed by atoms with van der Waals surface area (Å²) in [6.07, 6.45) is -2.67. The van der Waals surface area contributed by atoms with Crippen LogP contribution in [-0.4, -0.2) is 33.8 Å². The van der Waals surface area contributed by atoms with Crippen molar-refractivity contribution < 1.29 is 18.7 Å². The largest absolute Gasteiger partial charge is 0.394 e. The van der Waals surface area contributed by atoms with Gasteiger partial charge in [0, 0.05) is 5.69 Å². The topological polar surface area (TPSA) is 90.0 Å². The molecule has 2 aromatic rings. The quantitative estimate of drug-likeness (QED) is 0.692. The summed E-state index contributed by atoms with van der Waals surface area (Å²) >= 11 is 0. The van der Waals surface area contributed by atoms with Gasteiger partial charge in [-0.25, -0.2) is 18.6 Å². The van der Waals surface area contributed by atoms with Crippen LogP contribution >= 0.6 is 0 Å². The number of H-pyrrole nitrogens is 1. The van der Waals surface area contributed by atoms with Crippen molar-refractivity contribution in [2.75, 3.05) is 11.9 Å². The number of nitrogens with one attached hydrogen (secondary N) is 3. The summed E-state index contributed by atoms with van der Waals surface area (Å²) in [5.74, 6) is -0.407. The summed E-state index contributed by atoms with van der Waals surface area (Å²) < 4.78 is 25.0. The third kappa shape index (κ3) is 3.21. The molecule has 1 aromatic carbocycles. The van der Waals surface area contributed by atoms with Crippen molar-refractivity contribution in [1.29, 1.82) is 0 Å².